The molecule has 7 heteroatoms. The van der Waals surface area contributed by atoms with Crippen molar-refractivity contribution in [3.8, 4) is 0 Å². The topological polar surface area (TPSA) is 71.1 Å². The van der Waals surface area contributed by atoms with Crippen LogP contribution in [0.25, 0.3) is 11.1 Å². The third kappa shape index (κ3) is 5.67. The lowest BCUT2D eigenvalue weighted by Crippen LogP contribution is -2.17. The van der Waals surface area contributed by atoms with E-state index in [0.29, 0.717) is 0 Å². The van der Waals surface area contributed by atoms with Gasteiger partial charge in [0.1, 0.15) is 0 Å². The summed E-state index contributed by atoms with van der Waals surface area (Å²) >= 11 is 1.66. The second-order valence-corrected chi connectivity index (χ2v) is 11.9. The minimum Gasteiger partial charge on any atom is -0.492 e. The maximum Gasteiger partial charge on any atom is 0.261 e. The van der Waals surface area contributed by atoms with Crippen molar-refractivity contribution in [3.05, 3.63) is 80.4 Å². The van der Waals surface area contributed by atoms with Gasteiger partial charge < -0.3 is 18.9 Å². The molecule has 37 heavy (non-hydrogen) atoms. The Hall–Kier alpha value is -3.32. The van der Waals surface area contributed by atoms with Crippen molar-refractivity contribution in [3.63, 3.8) is 0 Å². The van der Waals surface area contributed by atoms with Crippen molar-refractivity contribution in [2.45, 2.75) is 41.5 Å². The van der Waals surface area contributed by atoms with Gasteiger partial charge in [0.25, 0.3) is 11.6 Å². The molecule has 3 rings (SSSR count). The first-order valence-electron chi connectivity index (χ1n) is 12.0. The minimum atomic E-state index is -0.276. The SMILES string of the molecule is COC1=CC(=C(c2ccc(C(=C3C=C(OC)C(=O)C(OC)=C3)C(C)(C)C)s2)C(C)(C)C)C=C(OC)C1=O. The monoisotopic (exact) mass is 524 g/mol. The lowest BCUT2D eigenvalue weighted by Gasteiger charge is -2.27. The molecule has 2 aliphatic carbocycles. The molecule has 1 aromatic heterocycles. The summed E-state index contributed by atoms with van der Waals surface area (Å²) in [5.41, 5.74) is 3.37. The molecule has 0 aliphatic heterocycles. The molecule has 0 saturated carbocycles. The summed E-state index contributed by atoms with van der Waals surface area (Å²) in [6, 6.07) is 4.21. The summed E-state index contributed by atoms with van der Waals surface area (Å²) in [5.74, 6) is 0.417. The van der Waals surface area contributed by atoms with Gasteiger partial charge in [0.2, 0.25) is 0 Å². The zero-order valence-electron chi connectivity index (χ0n) is 23.3. The first-order chi connectivity index (χ1) is 17.3. The van der Waals surface area contributed by atoms with Gasteiger partial charge in [-0.1, -0.05) is 41.5 Å². The number of hydrogen-bond acceptors (Lipinski definition) is 7. The molecule has 6 nitrogen and oxygen atoms in total. The number of ketones is 2. The van der Waals surface area contributed by atoms with Gasteiger partial charge in [-0.3, -0.25) is 9.59 Å². The summed E-state index contributed by atoms with van der Waals surface area (Å²) in [4.78, 5) is 27.3. The minimum absolute atomic E-state index is 0.242. The number of methoxy groups -OCH3 is 4. The van der Waals surface area contributed by atoms with Gasteiger partial charge in [0, 0.05) is 9.75 Å². The number of thiophene rings is 1. The number of carbonyl (C=O) groups excluding carboxylic acids is 2. The smallest absolute Gasteiger partial charge is 0.261 e. The van der Waals surface area contributed by atoms with E-state index in [1.54, 1.807) is 35.6 Å². The maximum atomic E-state index is 12.6. The molecule has 0 radical (unpaired) electrons. The molecular weight excluding hydrogens is 488 g/mol. The lowest BCUT2D eigenvalue weighted by atomic mass is 9.80. The Labute approximate surface area is 223 Å². The quantitative estimate of drug-likeness (QED) is 0.416. The average Bonchev–Trinajstić information content (AvgIpc) is 3.27. The molecule has 0 N–H and O–H groups in total. The van der Waals surface area contributed by atoms with Crippen molar-refractivity contribution in [1.29, 1.82) is 0 Å². The summed E-state index contributed by atoms with van der Waals surface area (Å²) in [6.45, 7) is 12.9. The van der Waals surface area contributed by atoms with Gasteiger partial charge in [0.05, 0.1) is 28.4 Å². The fourth-order valence-corrected chi connectivity index (χ4v) is 6.11. The molecule has 0 unspecified atom stereocenters. The highest BCUT2D eigenvalue weighted by atomic mass is 32.1. The second kappa shape index (κ2) is 10.6. The van der Waals surface area contributed by atoms with Gasteiger partial charge in [0.15, 0.2) is 23.0 Å². The van der Waals surface area contributed by atoms with Crippen LogP contribution in [-0.2, 0) is 28.5 Å². The van der Waals surface area contributed by atoms with Crippen LogP contribution in [0.1, 0.15) is 51.3 Å². The first-order valence-corrected chi connectivity index (χ1v) is 12.8. The highest BCUT2D eigenvalue weighted by molar-refractivity contribution is 7.14. The molecule has 0 saturated heterocycles. The third-order valence-corrected chi connectivity index (χ3v) is 7.22. The summed E-state index contributed by atoms with van der Waals surface area (Å²) in [6.07, 6.45) is 7.12. The molecule has 1 aromatic rings. The lowest BCUT2D eigenvalue weighted by molar-refractivity contribution is -0.118. The Bertz CT molecular complexity index is 1150. The van der Waals surface area contributed by atoms with E-state index >= 15 is 0 Å². The van der Waals surface area contributed by atoms with E-state index in [0.717, 1.165) is 32.0 Å². The van der Waals surface area contributed by atoms with E-state index in [4.69, 9.17) is 18.9 Å². The summed E-state index contributed by atoms with van der Waals surface area (Å²) in [5, 5.41) is 0. The summed E-state index contributed by atoms with van der Waals surface area (Å²) < 4.78 is 21.5. The largest absolute Gasteiger partial charge is 0.492 e. The molecular formula is C30H36O6S. The number of carbonyl (C=O) groups is 2. The van der Waals surface area contributed by atoms with Crippen LogP contribution >= 0.6 is 11.3 Å². The maximum absolute atomic E-state index is 12.6. The number of hydrogen-bond donors (Lipinski definition) is 0. The zero-order chi connectivity index (χ0) is 27.7. The van der Waals surface area contributed by atoms with Crippen molar-refractivity contribution in [2.24, 2.45) is 10.8 Å². The van der Waals surface area contributed by atoms with Crippen LogP contribution < -0.4 is 0 Å². The standard InChI is InChI=1S/C30H36O6S/c1-29(2,3)25(17-13-19(33-7)27(31)20(14-17)34-8)23-11-12-24(37-23)26(30(4,5)6)18-15-21(35-9)28(32)22(16-18)36-10/h11-16H,1-10H3. The highest BCUT2D eigenvalue weighted by Gasteiger charge is 2.31. The van der Waals surface area contributed by atoms with Crippen LogP contribution in [0.3, 0.4) is 0 Å². The average molecular weight is 525 g/mol. The van der Waals surface area contributed by atoms with E-state index in [-0.39, 0.29) is 45.4 Å². The second-order valence-electron chi connectivity index (χ2n) is 10.8. The van der Waals surface area contributed by atoms with Gasteiger partial charge in [-0.05, 0) is 69.6 Å². The Morgan fingerprint density at radius 1 is 0.568 bits per heavy atom. The third-order valence-electron chi connectivity index (χ3n) is 6.10. The van der Waals surface area contributed by atoms with Crippen LogP contribution in [0.2, 0.25) is 0 Å². The fourth-order valence-electron chi connectivity index (χ4n) is 4.54. The zero-order valence-corrected chi connectivity index (χ0v) is 24.1. The predicted octanol–water partition coefficient (Wildman–Crippen LogP) is 6.63. The van der Waals surface area contributed by atoms with E-state index in [1.807, 2.05) is 0 Å². The van der Waals surface area contributed by atoms with Crippen molar-refractivity contribution < 1.29 is 28.5 Å². The molecule has 0 bridgehead atoms. The Morgan fingerprint density at radius 3 is 1.05 bits per heavy atom. The van der Waals surface area contributed by atoms with Gasteiger partial charge in [-0.2, -0.15) is 0 Å². The molecule has 0 amide bonds. The van der Waals surface area contributed by atoms with Crippen LogP contribution in [0.4, 0.5) is 0 Å². The van der Waals surface area contributed by atoms with Crippen LogP contribution in [0, 0.1) is 10.8 Å². The first kappa shape index (κ1) is 28.3. The molecule has 0 spiro atoms. The Kier molecular flexibility index (Phi) is 8.08. The number of rotatable bonds is 6. The molecule has 0 atom stereocenters. The molecule has 2 aliphatic rings. The molecule has 198 valence electrons. The van der Waals surface area contributed by atoms with Gasteiger partial charge in [-0.15, -0.1) is 11.3 Å². The van der Waals surface area contributed by atoms with Crippen LogP contribution in [-0.4, -0.2) is 40.0 Å². The Balaban J connectivity index is 2.29. The fraction of sp³-hybridized carbons (Fsp3) is 0.400. The molecule has 0 fully saturated rings. The van der Waals surface area contributed by atoms with Crippen molar-refractivity contribution >= 4 is 34.0 Å². The van der Waals surface area contributed by atoms with E-state index in [1.165, 1.54) is 28.4 Å². The van der Waals surface area contributed by atoms with Crippen LogP contribution in [0.15, 0.2) is 70.6 Å². The van der Waals surface area contributed by atoms with Crippen molar-refractivity contribution in [1.82, 2.24) is 0 Å². The number of allylic oxidation sites excluding steroid dienone is 8. The predicted molar refractivity (Wildman–Crippen MR) is 147 cm³/mol. The van der Waals surface area contributed by atoms with Crippen LogP contribution in [0.5, 0.6) is 0 Å². The number of ether oxygens (including phenoxy) is 4. The molecule has 0 aromatic carbocycles. The van der Waals surface area contributed by atoms with Gasteiger partial charge in [-0.25, -0.2) is 0 Å². The van der Waals surface area contributed by atoms with E-state index in [2.05, 4.69) is 53.7 Å². The number of Topliss-reactive ketones (excluding diaryl/α,β-unsaturated/α-hetero) is 2. The molecule has 1 heterocycles. The van der Waals surface area contributed by atoms with E-state index in [9.17, 15) is 9.59 Å². The highest BCUT2D eigenvalue weighted by Crippen LogP contribution is 2.47. The van der Waals surface area contributed by atoms with Gasteiger partial charge >= 0.3 is 0 Å². The van der Waals surface area contributed by atoms with E-state index < -0.39 is 0 Å². The summed E-state index contributed by atoms with van der Waals surface area (Å²) in [7, 11) is 5.95. The Morgan fingerprint density at radius 2 is 0.838 bits per heavy atom. The normalized spacial score (nSPS) is 16.5. The van der Waals surface area contributed by atoms with Crippen molar-refractivity contribution in [2.75, 3.05) is 28.4 Å².